The van der Waals surface area contributed by atoms with Crippen molar-refractivity contribution < 1.29 is 9.90 Å². The van der Waals surface area contributed by atoms with Gasteiger partial charge < -0.3 is 10.0 Å². The number of carboxylic acid groups (broad SMARTS) is 1. The number of carbonyl (C=O) groups is 1. The van der Waals surface area contributed by atoms with Crippen molar-refractivity contribution in [2.75, 3.05) is 19.6 Å². The van der Waals surface area contributed by atoms with E-state index >= 15 is 0 Å². The molecule has 0 amide bonds. The van der Waals surface area contributed by atoms with E-state index in [0.29, 0.717) is 6.54 Å². The van der Waals surface area contributed by atoms with Crippen LogP contribution in [0.1, 0.15) is 26.7 Å². The molecule has 0 aliphatic carbocycles. The molecule has 1 aliphatic rings. The minimum Gasteiger partial charge on any atom is -0.481 e. The van der Waals surface area contributed by atoms with Gasteiger partial charge in [0.15, 0.2) is 0 Å². The standard InChI is InChI=1S/C11H17NO2/c1-3-4-5-7-12-8-6-11(2,9-12)10(13)14/h5-9H2,1-2H3,(H,13,14). The van der Waals surface area contributed by atoms with E-state index in [2.05, 4.69) is 16.7 Å². The van der Waals surface area contributed by atoms with E-state index in [1.165, 1.54) is 0 Å². The van der Waals surface area contributed by atoms with Crippen LogP contribution in [0.3, 0.4) is 0 Å². The van der Waals surface area contributed by atoms with Gasteiger partial charge >= 0.3 is 5.97 Å². The normalized spacial score (nSPS) is 27.0. The third-order valence-corrected chi connectivity index (χ3v) is 2.80. The number of nitrogens with zero attached hydrogens (tertiary/aromatic N) is 1. The molecule has 0 aromatic carbocycles. The SMILES string of the molecule is CC#CCCN1CCC(C)(C(=O)O)C1. The summed E-state index contributed by atoms with van der Waals surface area (Å²) in [4.78, 5) is 13.1. The summed E-state index contributed by atoms with van der Waals surface area (Å²) in [7, 11) is 0. The molecule has 3 nitrogen and oxygen atoms in total. The smallest absolute Gasteiger partial charge is 0.310 e. The average Bonchev–Trinajstić information content (AvgIpc) is 2.50. The lowest BCUT2D eigenvalue weighted by Crippen LogP contribution is -2.32. The lowest BCUT2D eigenvalue weighted by molar-refractivity contribution is -0.147. The second-order valence-electron chi connectivity index (χ2n) is 4.07. The molecule has 78 valence electrons. The number of aliphatic carboxylic acids is 1. The number of likely N-dealkylation sites (tertiary alicyclic amines) is 1. The van der Waals surface area contributed by atoms with Gasteiger partial charge in [-0.05, 0) is 26.8 Å². The number of rotatable bonds is 3. The summed E-state index contributed by atoms with van der Waals surface area (Å²) in [5.74, 6) is 5.16. The van der Waals surface area contributed by atoms with Crippen molar-refractivity contribution >= 4 is 5.97 Å². The highest BCUT2D eigenvalue weighted by Gasteiger charge is 2.39. The third-order valence-electron chi connectivity index (χ3n) is 2.80. The van der Waals surface area contributed by atoms with Crippen LogP contribution in [0, 0.1) is 17.3 Å². The van der Waals surface area contributed by atoms with Crippen molar-refractivity contribution in [1.29, 1.82) is 0 Å². The Hall–Kier alpha value is -1.01. The Bertz CT molecular complexity index is 277. The fourth-order valence-electron chi connectivity index (χ4n) is 1.76. The van der Waals surface area contributed by atoms with Crippen molar-refractivity contribution in [1.82, 2.24) is 4.90 Å². The van der Waals surface area contributed by atoms with Crippen LogP contribution < -0.4 is 0 Å². The van der Waals surface area contributed by atoms with Crippen LogP contribution in [0.2, 0.25) is 0 Å². The zero-order valence-electron chi connectivity index (χ0n) is 8.84. The van der Waals surface area contributed by atoms with Gasteiger partial charge in [0.25, 0.3) is 0 Å². The van der Waals surface area contributed by atoms with Crippen LogP contribution in [0.15, 0.2) is 0 Å². The molecule has 0 bridgehead atoms. The molecule has 1 atom stereocenters. The van der Waals surface area contributed by atoms with E-state index in [1.807, 2.05) is 13.8 Å². The lowest BCUT2D eigenvalue weighted by Gasteiger charge is -2.19. The molecule has 1 rings (SSSR count). The molecule has 0 saturated carbocycles. The highest BCUT2D eigenvalue weighted by Crippen LogP contribution is 2.29. The van der Waals surface area contributed by atoms with Gasteiger partial charge in [0, 0.05) is 19.5 Å². The second kappa shape index (κ2) is 4.47. The van der Waals surface area contributed by atoms with Gasteiger partial charge in [-0.1, -0.05) is 0 Å². The van der Waals surface area contributed by atoms with E-state index in [1.54, 1.807) is 0 Å². The van der Waals surface area contributed by atoms with E-state index in [0.717, 1.165) is 25.9 Å². The molecule has 1 heterocycles. The highest BCUT2D eigenvalue weighted by molar-refractivity contribution is 5.74. The maximum atomic E-state index is 10.9. The summed E-state index contributed by atoms with van der Waals surface area (Å²) < 4.78 is 0. The molecule has 1 unspecified atom stereocenters. The molecule has 0 spiro atoms. The van der Waals surface area contributed by atoms with Gasteiger partial charge in [0.05, 0.1) is 5.41 Å². The fraction of sp³-hybridized carbons (Fsp3) is 0.727. The average molecular weight is 195 g/mol. The summed E-state index contributed by atoms with van der Waals surface area (Å²) >= 11 is 0. The minimum absolute atomic E-state index is 0.542. The summed E-state index contributed by atoms with van der Waals surface area (Å²) in [5.41, 5.74) is -0.542. The monoisotopic (exact) mass is 195 g/mol. The van der Waals surface area contributed by atoms with Gasteiger partial charge in [0.2, 0.25) is 0 Å². The maximum absolute atomic E-state index is 10.9. The van der Waals surface area contributed by atoms with Gasteiger partial charge in [-0.2, -0.15) is 0 Å². The van der Waals surface area contributed by atoms with Crippen LogP contribution in [0.5, 0.6) is 0 Å². The Morgan fingerprint density at radius 2 is 2.36 bits per heavy atom. The van der Waals surface area contributed by atoms with Crippen molar-refractivity contribution in [3.05, 3.63) is 0 Å². The zero-order valence-corrected chi connectivity index (χ0v) is 8.84. The summed E-state index contributed by atoms with van der Waals surface area (Å²) in [5, 5.41) is 9.01. The molecular weight excluding hydrogens is 178 g/mol. The molecule has 1 N–H and O–H groups in total. The van der Waals surface area contributed by atoms with Gasteiger partial charge in [-0.25, -0.2) is 0 Å². The molecule has 3 heteroatoms. The van der Waals surface area contributed by atoms with Crippen molar-refractivity contribution in [3.63, 3.8) is 0 Å². The van der Waals surface area contributed by atoms with E-state index < -0.39 is 11.4 Å². The summed E-state index contributed by atoms with van der Waals surface area (Å²) in [6.45, 7) is 6.08. The first-order valence-electron chi connectivity index (χ1n) is 4.94. The van der Waals surface area contributed by atoms with Crippen molar-refractivity contribution in [3.8, 4) is 11.8 Å². The number of hydrogen-bond donors (Lipinski definition) is 1. The largest absolute Gasteiger partial charge is 0.481 e. The van der Waals surface area contributed by atoms with Crippen molar-refractivity contribution in [2.45, 2.75) is 26.7 Å². The molecule has 0 radical (unpaired) electrons. The van der Waals surface area contributed by atoms with E-state index in [-0.39, 0.29) is 0 Å². The first-order chi connectivity index (χ1) is 6.58. The molecule has 1 aliphatic heterocycles. The van der Waals surface area contributed by atoms with Crippen LogP contribution in [0.25, 0.3) is 0 Å². The van der Waals surface area contributed by atoms with Crippen molar-refractivity contribution in [2.24, 2.45) is 5.41 Å². The minimum atomic E-state index is -0.679. The lowest BCUT2D eigenvalue weighted by atomic mass is 9.90. The third kappa shape index (κ3) is 2.49. The van der Waals surface area contributed by atoms with E-state index in [4.69, 9.17) is 5.11 Å². The second-order valence-corrected chi connectivity index (χ2v) is 4.07. The Morgan fingerprint density at radius 3 is 2.86 bits per heavy atom. The molecule has 1 fully saturated rings. The molecule has 1 saturated heterocycles. The maximum Gasteiger partial charge on any atom is 0.310 e. The Labute approximate surface area is 85.1 Å². The molecular formula is C11H17NO2. The highest BCUT2D eigenvalue weighted by atomic mass is 16.4. The summed E-state index contributed by atoms with van der Waals surface area (Å²) in [6.07, 6.45) is 1.59. The van der Waals surface area contributed by atoms with Crippen LogP contribution in [-0.4, -0.2) is 35.6 Å². The predicted molar refractivity (Wildman–Crippen MR) is 54.9 cm³/mol. The first kappa shape index (κ1) is 11.1. The quantitative estimate of drug-likeness (QED) is 0.688. The fourth-order valence-corrected chi connectivity index (χ4v) is 1.76. The van der Waals surface area contributed by atoms with Crippen LogP contribution in [-0.2, 0) is 4.79 Å². The number of hydrogen-bond acceptors (Lipinski definition) is 2. The van der Waals surface area contributed by atoms with Crippen LogP contribution in [0.4, 0.5) is 0 Å². The molecule has 0 aromatic heterocycles. The zero-order chi connectivity index (χ0) is 10.6. The molecule has 14 heavy (non-hydrogen) atoms. The van der Waals surface area contributed by atoms with E-state index in [9.17, 15) is 4.79 Å². The Balaban J connectivity index is 2.40. The van der Waals surface area contributed by atoms with Gasteiger partial charge in [-0.3, -0.25) is 4.79 Å². The van der Waals surface area contributed by atoms with Gasteiger partial charge in [-0.15, -0.1) is 11.8 Å². The van der Waals surface area contributed by atoms with Gasteiger partial charge in [0.1, 0.15) is 0 Å². The first-order valence-corrected chi connectivity index (χ1v) is 4.94. The predicted octanol–water partition coefficient (Wildman–Crippen LogP) is 1.20. The Kier molecular flexibility index (Phi) is 3.54. The Morgan fingerprint density at radius 1 is 1.64 bits per heavy atom. The topological polar surface area (TPSA) is 40.5 Å². The molecule has 0 aromatic rings. The van der Waals surface area contributed by atoms with Crippen LogP contribution >= 0.6 is 0 Å². The summed E-state index contributed by atoms with van der Waals surface area (Å²) in [6, 6.07) is 0. The number of carboxylic acids is 1.